The topological polar surface area (TPSA) is 26.7 Å². The Morgan fingerprint density at radius 2 is 1.60 bits per heavy atom. The van der Waals surface area contributed by atoms with E-state index in [1.165, 1.54) is 19.3 Å². The summed E-state index contributed by atoms with van der Waals surface area (Å²) in [4.78, 5) is 4.44. The standard InChI is InChI=1S/C12H26N2O/c1-13(2)9-10-14(3)11-12(15)7-5-4-6-8-12/h15H,4-11H2,1-3H3. The van der Waals surface area contributed by atoms with Gasteiger partial charge in [-0.15, -0.1) is 0 Å². The quantitative estimate of drug-likeness (QED) is 0.744. The van der Waals surface area contributed by atoms with Crippen molar-refractivity contribution < 1.29 is 5.11 Å². The van der Waals surface area contributed by atoms with Crippen molar-refractivity contribution in [3.63, 3.8) is 0 Å². The maximum atomic E-state index is 10.4. The fourth-order valence-electron chi connectivity index (χ4n) is 2.32. The van der Waals surface area contributed by atoms with E-state index in [4.69, 9.17) is 0 Å². The summed E-state index contributed by atoms with van der Waals surface area (Å²) in [5.41, 5.74) is -0.403. The molecule has 0 atom stereocenters. The Labute approximate surface area is 94.1 Å². The summed E-state index contributed by atoms with van der Waals surface area (Å²) in [6.45, 7) is 2.93. The van der Waals surface area contributed by atoms with E-state index in [0.29, 0.717) is 0 Å². The second-order valence-electron chi connectivity index (χ2n) is 5.33. The molecule has 1 fully saturated rings. The molecule has 0 spiro atoms. The third-order valence-electron chi connectivity index (χ3n) is 3.28. The van der Waals surface area contributed by atoms with E-state index < -0.39 is 5.60 Å². The molecule has 0 aromatic carbocycles. The molecule has 0 heterocycles. The lowest BCUT2D eigenvalue weighted by Gasteiger charge is -2.35. The van der Waals surface area contributed by atoms with Crippen LogP contribution in [0, 0.1) is 0 Å². The molecule has 0 bridgehead atoms. The monoisotopic (exact) mass is 214 g/mol. The van der Waals surface area contributed by atoms with Gasteiger partial charge in [-0.2, -0.15) is 0 Å². The first-order valence-corrected chi connectivity index (χ1v) is 6.07. The Morgan fingerprint density at radius 1 is 1.00 bits per heavy atom. The molecule has 0 unspecified atom stereocenters. The summed E-state index contributed by atoms with van der Waals surface area (Å²) in [6.07, 6.45) is 5.65. The number of rotatable bonds is 5. The Bertz CT molecular complexity index is 176. The Hall–Kier alpha value is -0.120. The van der Waals surface area contributed by atoms with Gasteiger partial charge < -0.3 is 14.9 Å². The second-order valence-corrected chi connectivity index (χ2v) is 5.33. The zero-order valence-corrected chi connectivity index (χ0v) is 10.5. The van der Waals surface area contributed by atoms with E-state index in [2.05, 4.69) is 30.9 Å². The van der Waals surface area contributed by atoms with Crippen LogP contribution in [-0.4, -0.2) is 61.3 Å². The van der Waals surface area contributed by atoms with E-state index in [1.807, 2.05) is 0 Å². The van der Waals surface area contributed by atoms with E-state index >= 15 is 0 Å². The van der Waals surface area contributed by atoms with Crippen LogP contribution in [0.15, 0.2) is 0 Å². The van der Waals surface area contributed by atoms with Gasteiger partial charge in [0.15, 0.2) is 0 Å². The highest BCUT2D eigenvalue weighted by Crippen LogP contribution is 2.28. The van der Waals surface area contributed by atoms with Gasteiger partial charge in [0.05, 0.1) is 5.60 Å². The van der Waals surface area contributed by atoms with Crippen molar-refractivity contribution in [3.05, 3.63) is 0 Å². The Morgan fingerprint density at radius 3 is 2.13 bits per heavy atom. The highest BCUT2D eigenvalue weighted by molar-refractivity contribution is 4.84. The number of likely N-dealkylation sites (N-methyl/N-ethyl adjacent to an activating group) is 2. The number of aliphatic hydroxyl groups is 1. The molecule has 1 N–H and O–H groups in total. The van der Waals surface area contributed by atoms with Crippen LogP contribution >= 0.6 is 0 Å². The van der Waals surface area contributed by atoms with E-state index in [-0.39, 0.29) is 0 Å². The number of nitrogens with zero attached hydrogens (tertiary/aromatic N) is 2. The summed E-state index contributed by atoms with van der Waals surface area (Å²) in [5.74, 6) is 0. The van der Waals surface area contributed by atoms with Crippen molar-refractivity contribution in [2.45, 2.75) is 37.7 Å². The van der Waals surface area contributed by atoms with Crippen LogP contribution in [0.25, 0.3) is 0 Å². The van der Waals surface area contributed by atoms with Crippen LogP contribution in [0.3, 0.4) is 0 Å². The molecule has 3 nitrogen and oxygen atoms in total. The average Bonchev–Trinajstić information content (AvgIpc) is 2.15. The van der Waals surface area contributed by atoms with Crippen LogP contribution < -0.4 is 0 Å². The average molecular weight is 214 g/mol. The lowest BCUT2D eigenvalue weighted by atomic mass is 9.84. The molecular weight excluding hydrogens is 188 g/mol. The van der Waals surface area contributed by atoms with E-state index in [0.717, 1.165) is 32.5 Å². The predicted molar refractivity (Wildman–Crippen MR) is 64.1 cm³/mol. The molecule has 0 aromatic heterocycles. The highest BCUT2D eigenvalue weighted by Gasteiger charge is 2.30. The van der Waals surface area contributed by atoms with Gasteiger partial charge in [0.25, 0.3) is 0 Å². The predicted octanol–water partition coefficient (Wildman–Crippen LogP) is 1.17. The molecule has 3 heteroatoms. The maximum Gasteiger partial charge on any atom is 0.0774 e. The molecule has 90 valence electrons. The van der Waals surface area contributed by atoms with Gasteiger partial charge in [0.1, 0.15) is 0 Å². The molecule has 1 rings (SSSR count). The fraction of sp³-hybridized carbons (Fsp3) is 1.00. The smallest absolute Gasteiger partial charge is 0.0774 e. The minimum Gasteiger partial charge on any atom is -0.389 e. The van der Waals surface area contributed by atoms with E-state index in [9.17, 15) is 5.11 Å². The fourth-order valence-corrected chi connectivity index (χ4v) is 2.32. The minimum absolute atomic E-state index is 0.403. The number of hydrogen-bond acceptors (Lipinski definition) is 3. The summed E-state index contributed by atoms with van der Waals surface area (Å²) in [5, 5.41) is 10.4. The van der Waals surface area contributed by atoms with Gasteiger partial charge in [-0.25, -0.2) is 0 Å². The van der Waals surface area contributed by atoms with Crippen LogP contribution in [0.5, 0.6) is 0 Å². The first kappa shape index (κ1) is 12.9. The Balaban J connectivity index is 2.25. The van der Waals surface area contributed by atoms with Crippen LogP contribution in [0.4, 0.5) is 0 Å². The third-order valence-corrected chi connectivity index (χ3v) is 3.28. The highest BCUT2D eigenvalue weighted by atomic mass is 16.3. The minimum atomic E-state index is -0.403. The SMILES string of the molecule is CN(C)CCN(C)CC1(O)CCCCC1. The van der Waals surface area contributed by atoms with Gasteiger partial charge in [0.2, 0.25) is 0 Å². The van der Waals surface area contributed by atoms with Crippen molar-refractivity contribution in [1.29, 1.82) is 0 Å². The first-order chi connectivity index (χ1) is 7.02. The molecule has 0 saturated heterocycles. The zero-order valence-electron chi connectivity index (χ0n) is 10.5. The van der Waals surface area contributed by atoms with Crippen molar-refractivity contribution >= 4 is 0 Å². The first-order valence-electron chi connectivity index (χ1n) is 6.07. The zero-order chi connectivity index (χ0) is 11.3. The molecule has 1 saturated carbocycles. The molecular formula is C12H26N2O. The van der Waals surface area contributed by atoms with Crippen molar-refractivity contribution in [2.24, 2.45) is 0 Å². The Kier molecular flexibility index (Phi) is 5.03. The van der Waals surface area contributed by atoms with E-state index in [1.54, 1.807) is 0 Å². The second kappa shape index (κ2) is 5.83. The van der Waals surface area contributed by atoms with Crippen LogP contribution in [-0.2, 0) is 0 Å². The lowest BCUT2D eigenvalue weighted by molar-refractivity contribution is -0.0215. The van der Waals surface area contributed by atoms with Crippen molar-refractivity contribution in [3.8, 4) is 0 Å². The van der Waals surface area contributed by atoms with Crippen molar-refractivity contribution in [1.82, 2.24) is 9.80 Å². The molecule has 0 amide bonds. The summed E-state index contributed by atoms with van der Waals surface area (Å²) < 4.78 is 0. The largest absolute Gasteiger partial charge is 0.389 e. The molecule has 0 radical (unpaired) electrons. The maximum absolute atomic E-state index is 10.4. The molecule has 1 aliphatic carbocycles. The molecule has 0 aromatic rings. The summed E-state index contributed by atoms with van der Waals surface area (Å²) >= 11 is 0. The summed E-state index contributed by atoms with van der Waals surface area (Å²) in [6, 6.07) is 0. The van der Waals surface area contributed by atoms with Gasteiger partial charge in [-0.05, 0) is 34.0 Å². The summed E-state index contributed by atoms with van der Waals surface area (Å²) in [7, 11) is 6.28. The third kappa shape index (κ3) is 4.96. The van der Waals surface area contributed by atoms with Crippen LogP contribution in [0.1, 0.15) is 32.1 Å². The van der Waals surface area contributed by atoms with Crippen LogP contribution in [0.2, 0.25) is 0 Å². The normalized spacial score (nSPS) is 21.2. The lowest BCUT2D eigenvalue weighted by Crippen LogP contribution is -2.44. The molecule has 0 aliphatic heterocycles. The number of hydrogen-bond donors (Lipinski definition) is 1. The van der Waals surface area contributed by atoms with Gasteiger partial charge in [0, 0.05) is 19.6 Å². The van der Waals surface area contributed by atoms with Gasteiger partial charge in [-0.1, -0.05) is 19.3 Å². The van der Waals surface area contributed by atoms with Gasteiger partial charge in [-0.3, -0.25) is 0 Å². The molecule has 15 heavy (non-hydrogen) atoms. The van der Waals surface area contributed by atoms with Gasteiger partial charge >= 0.3 is 0 Å². The molecule has 1 aliphatic rings. The van der Waals surface area contributed by atoms with Crippen molar-refractivity contribution in [2.75, 3.05) is 40.8 Å².